The zero-order chi connectivity index (χ0) is 17.7. The molecule has 0 radical (unpaired) electrons. The standard InChI is InChI=1S/C20H27N3O3/c24-18-11-20(13-23(18)12-14-2-1-3-14)6-8-22(9-7-20)19(25)16-10-17(26-21-16)15-4-5-15/h10,14-15H,1-9,11-13H2. The van der Waals surface area contributed by atoms with Crippen molar-refractivity contribution in [1.82, 2.24) is 15.0 Å². The van der Waals surface area contributed by atoms with Gasteiger partial charge in [0.2, 0.25) is 5.91 Å². The minimum Gasteiger partial charge on any atom is -0.360 e. The molecule has 0 bridgehead atoms. The van der Waals surface area contributed by atoms with Crippen LogP contribution >= 0.6 is 0 Å². The molecule has 1 spiro atoms. The molecule has 1 aromatic rings. The van der Waals surface area contributed by atoms with Crippen molar-refractivity contribution >= 4 is 11.8 Å². The van der Waals surface area contributed by atoms with E-state index >= 15 is 0 Å². The van der Waals surface area contributed by atoms with Crippen LogP contribution in [0.3, 0.4) is 0 Å². The molecule has 6 heteroatoms. The van der Waals surface area contributed by atoms with E-state index in [-0.39, 0.29) is 11.3 Å². The molecular weight excluding hydrogens is 330 g/mol. The number of carbonyl (C=O) groups excluding carboxylic acids is 2. The molecule has 2 saturated heterocycles. The van der Waals surface area contributed by atoms with Crippen molar-refractivity contribution in [2.24, 2.45) is 11.3 Å². The largest absolute Gasteiger partial charge is 0.360 e. The van der Waals surface area contributed by atoms with E-state index in [1.54, 1.807) is 0 Å². The average molecular weight is 357 g/mol. The summed E-state index contributed by atoms with van der Waals surface area (Å²) in [6.07, 6.45) is 8.65. The molecule has 1 aromatic heterocycles. The highest BCUT2D eigenvalue weighted by Gasteiger charge is 2.46. The molecule has 26 heavy (non-hydrogen) atoms. The summed E-state index contributed by atoms with van der Waals surface area (Å²) >= 11 is 0. The van der Waals surface area contributed by atoms with Crippen LogP contribution in [0.1, 0.15) is 73.5 Å². The summed E-state index contributed by atoms with van der Waals surface area (Å²) < 4.78 is 5.33. The molecule has 3 heterocycles. The molecule has 0 unspecified atom stereocenters. The maximum Gasteiger partial charge on any atom is 0.276 e. The van der Waals surface area contributed by atoms with Gasteiger partial charge in [-0.05, 0) is 44.4 Å². The van der Waals surface area contributed by atoms with Crippen LogP contribution in [-0.2, 0) is 4.79 Å². The molecule has 0 atom stereocenters. The number of hydrogen-bond donors (Lipinski definition) is 0. The van der Waals surface area contributed by atoms with Crippen LogP contribution in [0.5, 0.6) is 0 Å². The molecule has 2 saturated carbocycles. The average Bonchev–Trinajstić information content (AvgIpc) is 3.25. The fourth-order valence-electron chi connectivity index (χ4n) is 4.77. The number of carbonyl (C=O) groups is 2. The Kier molecular flexibility index (Phi) is 3.83. The zero-order valence-corrected chi connectivity index (χ0v) is 15.3. The summed E-state index contributed by atoms with van der Waals surface area (Å²) in [5.41, 5.74) is 0.526. The first-order chi connectivity index (χ1) is 12.6. The van der Waals surface area contributed by atoms with Gasteiger partial charge in [0.15, 0.2) is 5.69 Å². The Labute approximate surface area is 153 Å². The third-order valence-electron chi connectivity index (χ3n) is 6.95. The normalized spacial score (nSPS) is 25.8. The Morgan fingerprint density at radius 2 is 2.00 bits per heavy atom. The molecule has 5 rings (SSSR count). The topological polar surface area (TPSA) is 66.7 Å². The highest BCUT2D eigenvalue weighted by molar-refractivity contribution is 5.92. The van der Waals surface area contributed by atoms with Gasteiger partial charge in [-0.1, -0.05) is 11.6 Å². The van der Waals surface area contributed by atoms with E-state index in [0.29, 0.717) is 23.9 Å². The van der Waals surface area contributed by atoms with E-state index in [9.17, 15) is 9.59 Å². The minimum absolute atomic E-state index is 0.0221. The van der Waals surface area contributed by atoms with Crippen LogP contribution < -0.4 is 0 Å². The van der Waals surface area contributed by atoms with E-state index in [1.165, 1.54) is 19.3 Å². The Morgan fingerprint density at radius 1 is 1.23 bits per heavy atom. The first-order valence-electron chi connectivity index (χ1n) is 10.2. The lowest BCUT2D eigenvalue weighted by Gasteiger charge is -2.39. The van der Waals surface area contributed by atoms with Gasteiger partial charge >= 0.3 is 0 Å². The molecule has 2 aliphatic heterocycles. The second kappa shape index (κ2) is 6.10. The van der Waals surface area contributed by atoms with Gasteiger partial charge in [0.1, 0.15) is 5.76 Å². The van der Waals surface area contributed by atoms with Crippen molar-refractivity contribution in [1.29, 1.82) is 0 Å². The maximum atomic E-state index is 12.7. The minimum atomic E-state index is -0.0221. The molecule has 0 N–H and O–H groups in total. The van der Waals surface area contributed by atoms with E-state index in [1.807, 2.05) is 11.0 Å². The number of rotatable bonds is 4. The summed E-state index contributed by atoms with van der Waals surface area (Å²) in [5.74, 6) is 2.35. The monoisotopic (exact) mass is 357 g/mol. The quantitative estimate of drug-likeness (QED) is 0.831. The van der Waals surface area contributed by atoms with Crippen LogP contribution in [0, 0.1) is 11.3 Å². The summed E-state index contributed by atoms with van der Waals surface area (Å²) in [7, 11) is 0. The van der Waals surface area contributed by atoms with Crippen molar-refractivity contribution in [3.63, 3.8) is 0 Å². The highest BCUT2D eigenvalue weighted by Crippen LogP contribution is 2.43. The van der Waals surface area contributed by atoms with E-state index in [0.717, 1.165) is 63.5 Å². The van der Waals surface area contributed by atoms with Crippen molar-refractivity contribution in [3.8, 4) is 0 Å². The number of piperidine rings is 1. The van der Waals surface area contributed by atoms with Crippen molar-refractivity contribution < 1.29 is 14.1 Å². The molecule has 4 aliphatic rings. The molecule has 4 fully saturated rings. The van der Waals surface area contributed by atoms with Crippen LogP contribution in [-0.4, -0.2) is 52.9 Å². The summed E-state index contributed by atoms with van der Waals surface area (Å²) in [6, 6.07) is 1.82. The summed E-state index contributed by atoms with van der Waals surface area (Å²) in [6.45, 7) is 3.27. The number of aromatic nitrogens is 1. The third kappa shape index (κ3) is 2.93. The van der Waals surface area contributed by atoms with Gasteiger partial charge in [-0.2, -0.15) is 0 Å². The smallest absolute Gasteiger partial charge is 0.276 e. The molecule has 140 valence electrons. The van der Waals surface area contributed by atoms with Crippen molar-refractivity contribution in [2.75, 3.05) is 26.2 Å². The number of nitrogens with zero attached hydrogens (tertiary/aromatic N) is 3. The van der Waals surface area contributed by atoms with Gasteiger partial charge in [-0.15, -0.1) is 0 Å². The van der Waals surface area contributed by atoms with Crippen molar-refractivity contribution in [3.05, 3.63) is 17.5 Å². The first kappa shape index (κ1) is 16.3. The predicted molar refractivity (Wildman–Crippen MR) is 94.6 cm³/mol. The van der Waals surface area contributed by atoms with Crippen LogP contribution in [0.2, 0.25) is 0 Å². The van der Waals surface area contributed by atoms with E-state index in [4.69, 9.17) is 4.52 Å². The van der Waals surface area contributed by atoms with Gasteiger partial charge in [0.25, 0.3) is 5.91 Å². The van der Waals surface area contributed by atoms with E-state index < -0.39 is 0 Å². The second-order valence-electron chi connectivity index (χ2n) is 8.93. The maximum absolute atomic E-state index is 12.7. The summed E-state index contributed by atoms with van der Waals surface area (Å²) in [5, 5.41) is 3.99. The van der Waals surface area contributed by atoms with Gasteiger partial charge < -0.3 is 14.3 Å². The Hall–Kier alpha value is -1.85. The molecule has 2 amide bonds. The summed E-state index contributed by atoms with van der Waals surface area (Å²) in [4.78, 5) is 29.1. The van der Waals surface area contributed by atoms with E-state index in [2.05, 4.69) is 10.1 Å². The third-order valence-corrected chi connectivity index (χ3v) is 6.95. The highest BCUT2D eigenvalue weighted by atomic mass is 16.5. The number of hydrogen-bond acceptors (Lipinski definition) is 4. The first-order valence-corrected chi connectivity index (χ1v) is 10.2. The predicted octanol–water partition coefficient (Wildman–Crippen LogP) is 2.81. The van der Waals surface area contributed by atoms with Gasteiger partial charge in [0.05, 0.1) is 0 Å². The lowest BCUT2D eigenvalue weighted by Crippen LogP contribution is -2.44. The van der Waals surface area contributed by atoms with Crippen molar-refractivity contribution in [2.45, 2.75) is 57.3 Å². The lowest BCUT2D eigenvalue weighted by atomic mass is 9.77. The Morgan fingerprint density at radius 3 is 2.65 bits per heavy atom. The number of amides is 2. The molecule has 2 aliphatic carbocycles. The second-order valence-corrected chi connectivity index (χ2v) is 8.93. The number of likely N-dealkylation sites (tertiary alicyclic amines) is 2. The van der Waals surface area contributed by atoms with Gasteiger partial charge in [-0.25, -0.2) is 0 Å². The zero-order valence-electron chi connectivity index (χ0n) is 15.3. The van der Waals surface area contributed by atoms with Gasteiger partial charge in [0, 0.05) is 50.0 Å². The van der Waals surface area contributed by atoms with Gasteiger partial charge in [-0.3, -0.25) is 9.59 Å². The van der Waals surface area contributed by atoms with Crippen LogP contribution in [0.4, 0.5) is 0 Å². The Balaban J connectivity index is 1.19. The van der Waals surface area contributed by atoms with Crippen LogP contribution in [0.25, 0.3) is 0 Å². The fourth-order valence-corrected chi connectivity index (χ4v) is 4.77. The Bertz CT molecular complexity index is 712. The SMILES string of the molecule is O=C1CC2(CCN(C(=O)c3cc(C4CC4)on3)CC2)CN1CC1CCC1. The van der Waals surface area contributed by atoms with Crippen LogP contribution in [0.15, 0.2) is 10.6 Å². The lowest BCUT2D eigenvalue weighted by molar-refractivity contribution is -0.128. The molecular formula is C20H27N3O3. The molecule has 6 nitrogen and oxygen atoms in total. The fraction of sp³-hybridized carbons (Fsp3) is 0.750. The molecule has 0 aromatic carbocycles.